The number of aromatic nitrogens is 2. The summed E-state index contributed by atoms with van der Waals surface area (Å²) in [6.07, 6.45) is 0.980. The molecule has 1 heterocycles. The zero-order chi connectivity index (χ0) is 14.7. The molecule has 0 amide bonds. The van der Waals surface area contributed by atoms with Gasteiger partial charge in [-0.05, 0) is 17.5 Å². The molecule has 0 spiro atoms. The molecule has 2 aromatic carbocycles. The first-order valence-electron chi connectivity index (χ1n) is 6.90. The van der Waals surface area contributed by atoms with Crippen molar-refractivity contribution in [2.45, 2.75) is 18.7 Å². The first kappa shape index (κ1) is 14.2. The van der Waals surface area contributed by atoms with Crippen LogP contribution in [-0.2, 0) is 6.42 Å². The summed E-state index contributed by atoms with van der Waals surface area (Å²) in [5.41, 5.74) is 3.48. The van der Waals surface area contributed by atoms with Crippen LogP contribution in [0.15, 0.2) is 54.6 Å². The third kappa shape index (κ3) is 2.99. The van der Waals surface area contributed by atoms with Gasteiger partial charge in [0.25, 0.3) is 0 Å². The molecule has 0 saturated carbocycles. The van der Waals surface area contributed by atoms with Crippen LogP contribution in [0.4, 0.5) is 0 Å². The molecule has 21 heavy (non-hydrogen) atoms. The van der Waals surface area contributed by atoms with E-state index >= 15 is 0 Å². The molecule has 0 fully saturated rings. The van der Waals surface area contributed by atoms with Gasteiger partial charge in [-0.2, -0.15) is 0 Å². The van der Waals surface area contributed by atoms with Gasteiger partial charge in [0.05, 0.1) is 0 Å². The number of halogens is 1. The smallest absolute Gasteiger partial charge is 0.141 e. The quantitative estimate of drug-likeness (QED) is 0.626. The lowest BCUT2D eigenvalue weighted by atomic mass is 10.1. The van der Waals surface area contributed by atoms with Crippen molar-refractivity contribution in [3.63, 3.8) is 0 Å². The molecular weight excluding hydrogens is 300 g/mol. The number of hydrogen-bond donors (Lipinski definition) is 0. The molecule has 1 aromatic heterocycles. The van der Waals surface area contributed by atoms with Crippen LogP contribution in [0.5, 0.6) is 0 Å². The Morgan fingerprint density at radius 1 is 1.00 bits per heavy atom. The minimum Gasteiger partial charge on any atom is -0.141 e. The third-order valence-corrected chi connectivity index (χ3v) is 4.99. The summed E-state index contributed by atoms with van der Waals surface area (Å²) in [5.74, 6) is 0. The van der Waals surface area contributed by atoms with E-state index in [1.807, 2.05) is 36.4 Å². The van der Waals surface area contributed by atoms with E-state index in [-0.39, 0.29) is 5.38 Å². The topological polar surface area (TPSA) is 25.8 Å². The van der Waals surface area contributed by atoms with E-state index in [0.29, 0.717) is 0 Å². The summed E-state index contributed by atoms with van der Waals surface area (Å²) < 4.78 is 0. The Hall–Kier alpha value is -1.71. The Morgan fingerprint density at radius 2 is 1.71 bits per heavy atom. The Kier molecular flexibility index (Phi) is 4.32. The lowest BCUT2D eigenvalue weighted by Gasteiger charge is -2.05. The van der Waals surface area contributed by atoms with Crippen LogP contribution in [0, 0.1) is 0 Å². The first-order chi connectivity index (χ1) is 10.3. The molecule has 1 unspecified atom stereocenters. The van der Waals surface area contributed by atoms with E-state index in [1.165, 1.54) is 5.56 Å². The van der Waals surface area contributed by atoms with Crippen molar-refractivity contribution in [1.82, 2.24) is 10.2 Å². The van der Waals surface area contributed by atoms with E-state index in [0.717, 1.165) is 27.6 Å². The van der Waals surface area contributed by atoms with Gasteiger partial charge in [0.1, 0.15) is 15.4 Å². The molecular formula is C17H15ClN2S. The number of hydrogen-bond acceptors (Lipinski definition) is 3. The number of rotatable bonds is 4. The van der Waals surface area contributed by atoms with Crippen LogP contribution >= 0.6 is 22.9 Å². The highest BCUT2D eigenvalue weighted by Gasteiger charge is 2.17. The zero-order valence-corrected chi connectivity index (χ0v) is 13.2. The molecule has 4 heteroatoms. The molecule has 1 atom stereocenters. The summed E-state index contributed by atoms with van der Waals surface area (Å²) in [5, 5.41) is 10.1. The van der Waals surface area contributed by atoms with E-state index in [9.17, 15) is 0 Å². The van der Waals surface area contributed by atoms with E-state index in [1.54, 1.807) is 11.3 Å². The molecule has 106 valence electrons. The fourth-order valence-corrected chi connectivity index (χ4v) is 3.48. The number of aryl methyl sites for hydroxylation is 1. The summed E-state index contributed by atoms with van der Waals surface area (Å²) >= 11 is 8.08. The van der Waals surface area contributed by atoms with Crippen LogP contribution in [-0.4, -0.2) is 10.2 Å². The number of nitrogens with zero attached hydrogens (tertiary/aromatic N) is 2. The minimum absolute atomic E-state index is 0.244. The maximum absolute atomic E-state index is 6.51. The van der Waals surface area contributed by atoms with E-state index in [2.05, 4.69) is 35.3 Å². The Labute approximate surface area is 133 Å². The molecule has 3 rings (SSSR count). The van der Waals surface area contributed by atoms with Gasteiger partial charge in [-0.1, -0.05) is 72.9 Å². The highest BCUT2D eigenvalue weighted by Crippen LogP contribution is 2.35. The first-order valence-corrected chi connectivity index (χ1v) is 8.15. The van der Waals surface area contributed by atoms with Crippen molar-refractivity contribution >= 4 is 22.9 Å². The molecule has 3 aromatic rings. The molecule has 2 nitrogen and oxygen atoms in total. The van der Waals surface area contributed by atoms with Crippen LogP contribution in [0.3, 0.4) is 0 Å². The summed E-state index contributed by atoms with van der Waals surface area (Å²) in [4.78, 5) is 0. The van der Waals surface area contributed by atoms with Gasteiger partial charge in [0, 0.05) is 5.56 Å². The lowest BCUT2D eigenvalue weighted by molar-refractivity contribution is 0.986. The standard InChI is InChI=1S/C17H15ClN2S/c1-2-12-8-6-7-11-14(12)16-19-20-17(21-16)15(18)13-9-4-3-5-10-13/h3-11,15H,2H2,1H3. The number of benzene rings is 2. The van der Waals surface area contributed by atoms with Gasteiger partial charge < -0.3 is 0 Å². The van der Waals surface area contributed by atoms with Crippen LogP contribution in [0.25, 0.3) is 10.6 Å². The van der Waals surface area contributed by atoms with Gasteiger partial charge in [-0.15, -0.1) is 21.8 Å². The van der Waals surface area contributed by atoms with Gasteiger partial charge in [-0.25, -0.2) is 0 Å². The van der Waals surface area contributed by atoms with Gasteiger partial charge in [-0.3, -0.25) is 0 Å². The van der Waals surface area contributed by atoms with Gasteiger partial charge in [0.2, 0.25) is 0 Å². The second kappa shape index (κ2) is 6.37. The summed E-state index contributed by atoms with van der Waals surface area (Å²) in [6, 6.07) is 18.3. The van der Waals surface area contributed by atoms with Crippen LogP contribution in [0.2, 0.25) is 0 Å². The fourth-order valence-electron chi connectivity index (χ4n) is 2.25. The normalized spacial score (nSPS) is 12.3. The highest BCUT2D eigenvalue weighted by atomic mass is 35.5. The molecule has 0 aliphatic carbocycles. The van der Waals surface area contributed by atoms with Crippen molar-refractivity contribution in [2.24, 2.45) is 0 Å². The van der Waals surface area contributed by atoms with Crippen molar-refractivity contribution in [2.75, 3.05) is 0 Å². The van der Waals surface area contributed by atoms with Gasteiger partial charge in [0.15, 0.2) is 0 Å². The summed E-state index contributed by atoms with van der Waals surface area (Å²) in [6.45, 7) is 2.15. The monoisotopic (exact) mass is 314 g/mol. The van der Waals surface area contributed by atoms with Crippen LogP contribution < -0.4 is 0 Å². The molecule has 0 aliphatic heterocycles. The second-order valence-corrected chi connectivity index (χ2v) is 6.17. The maximum atomic E-state index is 6.51. The highest BCUT2D eigenvalue weighted by molar-refractivity contribution is 7.15. The molecule has 0 radical (unpaired) electrons. The minimum atomic E-state index is -0.244. The largest absolute Gasteiger partial charge is 0.148 e. The zero-order valence-electron chi connectivity index (χ0n) is 11.7. The molecule has 0 aliphatic rings. The average Bonchev–Trinajstić information content (AvgIpc) is 3.04. The molecule has 0 saturated heterocycles. The van der Waals surface area contributed by atoms with Crippen molar-refractivity contribution in [1.29, 1.82) is 0 Å². The second-order valence-electron chi connectivity index (χ2n) is 4.73. The maximum Gasteiger partial charge on any atom is 0.148 e. The van der Waals surface area contributed by atoms with E-state index in [4.69, 9.17) is 11.6 Å². The van der Waals surface area contributed by atoms with Crippen molar-refractivity contribution in [3.05, 3.63) is 70.7 Å². The summed E-state index contributed by atoms with van der Waals surface area (Å²) in [7, 11) is 0. The van der Waals surface area contributed by atoms with Crippen LogP contribution in [0.1, 0.15) is 28.4 Å². The predicted molar refractivity (Wildman–Crippen MR) is 88.9 cm³/mol. The van der Waals surface area contributed by atoms with Crippen molar-refractivity contribution in [3.8, 4) is 10.6 Å². The predicted octanol–water partition coefficient (Wildman–Crippen LogP) is 5.10. The Morgan fingerprint density at radius 3 is 2.48 bits per heavy atom. The SMILES string of the molecule is CCc1ccccc1-c1nnc(C(Cl)c2ccccc2)s1. The Bertz CT molecular complexity index is 724. The molecule has 0 N–H and O–H groups in total. The van der Waals surface area contributed by atoms with Gasteiger partial charge >= 0.3 is 0 Å². The molecule has 0 bridgehead atoms. The van der Waals surface area contributed by atoms with Crippen molar-refractivity contribution < 1.29 is 0 Å². The third-order valence-electron chi connectivity index (χ3n) is 3.38. The van der Waals surface area contributed by atoms with E-state index < -0.39 is 0 Å². The average molecular weight is 315 g/mol. The Balaban J connectivity index is 1.93. The number of alkyl halides is 1. The lowest BCUT2D eigenvalue weighted by Crippen LogP contribution is -1.91. The fraction of sp³-hybridized carbons (Fsp3) is 0.176.